The van der Waals surface area contributed by atoms with Gasteiger partial charge in [0, 0.05) is 5.75 Å². The molecular weight excluding hydrogens is 264 g/mol. The van der Waals surface area contributed by atoms with Crippen molar-refractivity contribution in [3.63, 3.8) is 0 Å². The molecule has 78 valence electrons. The van der Waals surface area contributed by atoms with E-state index >= 15 is 0 Å². The number of thioether (sulfide) groups is 1. The zero-order chi connectivity index (χ0) is 10.8. The molecular formula is C8H13BrN4S. The summed E-state index contributed by atoms with van der Waals surface area (Å²) in [6, 6.07) is 0. The molecule has 0 aliphatic heterocycles. The Labute approximate surface area is 96.3 Å². The Hall–Kier alpha value is -0.360. The predicted molar refractivity (Wildman–Crippen MR) is 61.6 cm³/mol. The normalized spacial score (nSPS) is 11.7. The summed E-state index contributed by atoms with van der Waals surface area (Å²) >= 11 is 4.87. The van der Waals surface area contributed by atoms with Gasteiger partial charge in [-0.1, -0.05) is 34.3 Å². The zero-order valence-electron chi connectivity index (χ0n) is 8.49. The van der Waals surface area contributed by atoms with E-state index in [4.69, 9.17) is 0 Å². The van der Waals surface area contributed by atoms with Crippen molar-refractivity contribution in [2.45, 2.75) is 31.5 Å². The van der Waals surface area contributed by atoms with Crippen molar-refractivity contribution in [1.82, 2.24) is 20.2 Å². The van der Waals surface area contributed by atoms with E-state index in [-0.39, 0.29) is 5.54 Å². The molecule has 0 saturated carbocycles. The van der Waals surface area contributed by atoms with Gasteiger partial charge >= 0.3 is 0 Å². The zero-order valence-corrected chi connectivity index (χ0v) is 10.9. The highest BCUT2D eigenvalue weighted by atomic mass is 79.9. The molecule has 1 aromatic rings. The smallest absolute Gasteiger partial charge is 0.210 e. The summed E-state index contributed by atoms with van der Waals surface area (Å²) in [6.45, 7) is 9.96. The minimum Gasteiger partial charge on any atom is -0.215 e. The molecule has 14 heavy (non-hydrogen) atoms. The van der Waals surface area contributed by atoms with Gasteiger partial charge in [-0.05, 0) is 35.7 Å². The van der Waals surface area contributed by atoms with Crippen molar-refractivity contribution in [1.29, 1.82) is 0 Å². The Morgan fingerprint density at radius 2 is 2.21 bits per heavy atom. The molecule has 0 bridgehead atoms. The summed E-state index contributed by atoms with van der Waals surface area (Å²) in [7, 11) is 0. The fraction of sp³-hybridized carbons (Fsp3) is 0.625. The Bertz CT molecular complexity index is 328. The second-order valence-corrected chi connectivity index (χ2v) is 5.91. The van der Waals surface area contributed by atoms with Crippen molar-refractivity contribution >= 4 is 27.7 Å². The molecule has 0 atom stereocenters. The molecule has 0 fully saturated rings. The van der Waals surface area contributed by atoms with Crippen LogP contribution >= 0.6 is 27.7 Å². The van der Waals surface area contributed by atoms with Crippen LogP contribution in [-0.2, 0) is 5.54 Å². The van der Waals surface area contributed by atoms with Crippen LogP contribution in [0.25, 0.3) is 0 Å². The van der Waals surface area contributed by atoms with E-state index in [2.05, 4.69) is 58.8 Å². The summed E-state index contributed by atoms with van der Waals surface area (Å²) in [4.78, 5) is 0. The van der Waals surface area contributed by atoms with Crippen LogP contribution in [0.1, 0.15) is 20.8 Å². The summed E-state index contributed by atoms with van der Waals surface area (Å²) in [5.41, 5.74) is -0.0838. The first-order chi connectivity index (χ1) is 6.41. The van der Waals surface area contributed by atoms with Crippen molar-refractivity contribution < 1.29 is 0 Å². The summed E-state index contributed by atoms with van der Waals surface area (Å²) in [6.07, 6.45) is 0. The molecule has 0 N–H and O–H groups in total. The van der Waals surface area contributed by atoms with Crippen LogP contribution in [0.3, 0.4) is 0 Å². The second kappa shape index (κ2) is 4.44. The number of nitrogens with zero attached hydrogens (tertiary/aromatic N) is 4. The van der Waals surface area contributed by atoms with Crippen LogP contribution in [0, 0.1) is 0 Å². The van der Waals surface area contributed by atoms with Gasteiger partial charge in [-0.15, -0.1) is 5.10 Å². The molecule has 0 spiro atoms. The molecule has 0 aliphatic rings. The lowest BCUT2D eigenvalue weighted by molar-refractivity contribution is 0.321. The van der Waals surface area contributed by atoms with Gasteiger partial charge in [-0.3, -0.25) is 0 Å². The maximum Gasteiger partial charge on any atom is 0.210 e. The van der Waals surface area contributed by atoms with E-state index in [1.165, 1.54) is 0 Å². The van der Waals surface area contributed by atoms with Crippen LogP contribution in [0.15, 0.2) is 16.2 Å². The van der Waals surface area contributed by atoms with Gasteiger partial charge in [0.15, 0.2) is 0 Å². The minimum atomic E-state index is -0.0838. The SMILES string of the molecule is C=C(Br)CSc1nnnn1C(C)(C)C. The number of tetrazole rings is 1. The number of aromatic nitrogens is 4. The van der Waals surface area contributed by atoms with Gasteiger partial charge in [0.2, 0.25) is 5.16 Å². The second-order valence-electron chi connectivity index (χ2n) is 3.85. The summed E-state index contributed by atoms with van der Waals surface area (Å²) in [5, 5.41) is 12.4. The lowest BCUT2D eigenvalue weighted by Gasteiger charge is -2.19. The highest BCUT2D eigenvalue weighted by Crippen LogP contribution is 2.23. The highest BCUT2D eigenvalue weighted by Gasteiger charge is 2.19. The van der Waals surface area contributed by atoms with Crippen LogP contribution in [0.5, 0.6) is 0 Å². The van der Waals surface area contributed by atoms with E-state index in [0.29, 0.717) is 0 Å². The first-order valence-electron chi connectivity index (χ1n) is 4.16. The van der Waals surface area contributed by atoms with Crippen LogP contribution < -0.4 is 0 Å². The monoisotopic (exact) mass is 276 g/mol. The fourth-order valence-electron chi connectivity index (χ4n) is 0.833. The minimum absolute atomic E-state index is 0.0838. The fourth-order valence-corrected chi connectivity index (χ4v) is 1.99. The van der Waals surface area contributed by atoms with Gasteiger partial charge in [0.25, 0.3) is 0 Å². The largest absolute Gasteiger partial charge is 0.215 e. The van der Waals surface area contributed by atoms with Gasteiger partial charge < -0.3 is 0 Å². The van der Waals surface area contributed by atoms with E-state index in [1.807, 2.05) is 4.68 Å². The lowest BCUT2D eigenvalue weighted by atomic mass is 10.1. The van der Waals surface area contributed by atoms with E-state index in [1.54, 1.807) is 11.8 Å². The molecule has 1 heterocycles. The van der Waals surface area contributed by atoms with Gasteiger partial charge in [-0.2, -0.15) is 0 Å². The quantitative estimate of drug-likeness (QED) is 0.796. The molecule has 0 amide bonds. The van der Waals surface area contributed by atoms with Crippen molar-refractivity contribution in [2.24, 2.45) is 0 Å². The number of rotatable bonds is 3. The van der Waals surface area contributed by atoms with Crippen LogP contribution in [-0.4, -0.2) is 26.0 Å². The molecule has 1 rings (SSSR count). The maximum absolute atomic E-state index is 3.96. The first-order valence-corrected chi connectivity index (χ1v) is 5.94. The van der Waals surface area contributed by atoms with Crippen molar-refractivity contribution in [2.75, 3.05) is 5.75 Å². The Balaban J connectivity index is 2.78. The van der Waals surface area contributed by atoms with E-state index in [9.17, 15) is 0 Å². The Morgan fingerprint density at radius 1 is 1.57 bits per heavy atom. The topological polar surface area (TPSA) is 43.6 Å². The number of hydrogen-bond acceptors (Lipinski definition) is 4. The Morgan fingerprint density at radius 3 is 2.71 bits per heavy atom. The third-order valence-corrected chi connectivity index (χ3v) is 3.09. The molecule has 0 aliphatic carbocycles. The molecule has 1 aromatic heterocycles. The molecule has 0 radical (unpaired) electrons. The van der Waals surface area contributed by atoms with Gasteiger partial charge in [0.1, 0.15) is 0 Å². The molecule has 4 nitrogen and oxygen atoms in total. The lowest BCUT2D eigenvalue weighted by Crippen LogP contribution is -2.24. The number of halogens is 1. The highest BCUT2D eigenvalue weighted by molar-refractivity contribution is 9.11. The standard InChI is InChI=1S/C8H13BrN4S/c1-6(9)5-14-7-10-11-12-13(7)8(2,3)4/h1,5H2,2-4H3. The average Bonchev–Trinajstić information content (AvgIpc) is 2.46. The van der Waals surface area contributed by atoms with Gasteiger partial charge in [-0.25, -0.2) is 4.68 Å². The summed E-state index contributed by atoms with van der Waals surface area (Å²) < 4.78 is 2.75. The maximum atomic E-state index is 3.96. The Kier molecular flexibility index (Phi) is 3.71. The molecule has 6 heteroatoms. The third kappa shape index (κ3) is 3.09. The summed E-state index contributed by atoms with van der Waals surface area (Å²) in [5.74, 6) is 0.774. The molecule has 0 saturated heterocycles. The third-order valence-electron chi connectivity index (χ3n) is 1.43. The first kappa shape index (κ1) is 11.7. The van der Waals surface area contributed by atoms with Crippen LogP contribution in [0.2, 0.25) is 0 Å². The van der Waals surface area contributed by atoms with E-state index < -0.39 is 0 Å². The predicted octanol–water partition coefficient (Wildman–Crippen LogP) is 2.43. The van der Waals surface area contributed by atoms with Gasteiger partial charge in [0.05, 0.1) is 5.54 Å². The van der Waals surface area contributed by atoms with Crippen molar-refractivity contribution in [3.8, 4) is 0 Å². The van der Waals surface area contributed by atoms with Crippen molar-refractivity contribution in [3.05, 3.63) is 11.1 Å². The molecule has 0 aromatic carbocycles. The van der Waals surface area contributed by atoms with E-state index in [0.717, 1.165) is 15.4 Å². The average molecular weight is 277 g/mol. The molecule has 0 unspecified atom stereocenters. The number of hydrogen-bond donors (Lipinski definition) is 0. The van der Waals surface area contributed by atoms with Crippen LogP contribution in [0.4, 0.5) is 0 Å².